The Morgan fingerprint density at radius 2 is 1.83 bits per heavy atom. The minimum Gasteiger partial charge on any atom is -0.352 e. The van der Waals surface area contributed by atoms with Gasteiger partial charge in [-0.15, -0.1) is 11.3 Å². The Hall–Kier alpha value is -2.84. The van der Waals surface area contributed by atoms with Gasteiger partial charge in [0.2, 0.25) is 15.9 Å². The highest BCUT2D eigenvalue weighted by Crippen LogP contribution is 2.34. The smallest absolute Gasteiger partial charge is 0.352 e. The number of carbonyl (C=O) groups is 1. The van der Waals surface area contributed by atoms with E-state index in [1.54, 1.807) is 4.90 Å². The molecule has 8 nitrogen and oxygen atoms in total. The Labute approximate surface area is 202 Å². The number of halogens is 4. The third-order valence-corrected chi connectivity index (χ3v) is 7.27. The summed E-state index contributed by atoms with van der Waals surface area (Å²) in [4.78, 5) is 25.2. The lowest BCUT2D eigenvalue weighted by Gasteiger charge is -2.35. The summed E-state index contributed by atoms with van der Waals surface area (Å²) in [6.07, 6.45) is -4.23. The SMILES string of the molecule is NS(=O)(=O)Cc1ccc(CC(=O)N2CCN(c3ncnc4sc(CC(F)(F)F)cc34)CC2)c(F)c1. The van der Waals surface area contributed by atoms with E-state index in [2.05, 4.69) is 9.97 Å². The standard InChI is InChI=1S/C21H21F4N5O3S2/c22-17-7-13(11-35(26,32)33)1-2-14(17)8-18(31)29-3-5-30(6-4-29)19-16-9-15(10-21(23,24)25)34-20(16)28-12-27-19/h1-2,7,9,12H,3-6,8,10-11H2,(H2,26,32,33). The molecule has 1 fully saturated rings. The number of benzene rings is 1. The summed E-state index contributed by atoms with van der Waals surface area (Å²) in [6, 6.07) is 5.31. The minimum atomic E-state index is -4.32. The summed E-state index contributed by atoms with van der Waals surface area (Å²) in [7, 11) is -3.80. The fraction of sp³-hybridized carbons (Fsp3) is 0.381. The number of primary sulfonamides is 1. The largest absolute Gasteiger partial charge is 0.393 e. The molecule has 0 radical (unpaired) electrons. The molecule has 3 heterocycles. The quantitative estimate of drug-likeness (QED) is 0.490. The molecule has 0 atom stereocenters. The second kappa shape index (κ2) is 9.66. The zero-order valence-electron chi connectivity index (χ0n) is 18.3. The van der Waals surface area contributed by atoms with E-state index >= 15 is 0 Å². The number of amides is 1. The zero-order valence-corrected chi connectivity index (χ0v) is 19.9. The van der Waals surface area contributed by atoms with Crippen LogP contribution in [0.4, 0.5) is 23.4 Å². The van der Waals surface area contributed by atoms with Gasteiger partial charge in [0, 0.05) is 31.1 Å². The van der Waals surface area contributed by atoms with Crippen LogP contribution in [0.2, 0.25) is 0 Å². The Morgan fingerprint density at radius 1 is 1.11 bits per heavy atom. The first-order valence-electron chi connectivity index (χ1n) is 10.5. The fourth-order valence-corrected chi connectivity index (χ4v) is 5.59. The maximum Gasteiger partial charge on any atom is 0.393 e. The molecule has 0 saturated carbocycles. The van der Waals surface area contributed by atoms with Crippen molar-refractivity contribution in [1.82, 2.24) is 14.9 Å². The van der Waals surface area contributed by atoms with Crippen LogP contribution in [0.5, 0.6) is 0 Å². The molecule has 0 unspecified atom stereocenters. The molecule has 0 aliphatic carbocycles. The first kappa shape index (κ1) is 25.3. The number of rotatable bonds is 6. The predicted molar refractivity (Wildman–Crippen MR) is 123 cm³/mol. The summed E-state index contributed by atoms with van der Waals surface area (Å²) in [6.45, 7) is 1.46. The number of hydrogen-bond donors (Lipinski definition) is 1. The molecule has 35 heavy (non-hydrogen) atoms. The highest BCUT2D eigenvalue weighted by molar-refractivity contribution is 7.88. The Balaban J connectivity index is 1.40. The number of alkyl halides is 3. The average molecular weight is 532 g/mol. The van der Waals surface area contributed by atoms with E-state index in [1.165, 1.54) is 24.5 Å². The molecule has 4 rings (SSSR count). The van der Waals surface area contributed by atoms with Crippen LogP contribution in [0.3, 0.4) is 0 Å². The van der Waals surface area contributed by atoms with Gasteiger partial charge in [0.1, 0.15) is 22.8 Å². The van der Waals surface area contributed by atoms with Crippen LogP contribution in [0.1, 0.15) is 16.0 Å². The van der Waals surface area contributed by atoms with Crippen molar-refractivity contribution in [3.63, 3.8) is 0 Å². The first-order valence-corrected chi connectivity index (χ1v) is 13.0. The van der Waals surface area contributed by atoms with Gasteiger partial charge in [-0.1, -0.05) is 12.1 Å². The summed E-state index contributed by atoms with van der Waals surface area (Å²) < 4.78 is 75.1. The van der Waals surface area contributed by atoms with Crippen molar-refractivity contribution < 1.29 is 30.8 Å². The number of nitrogens with zero attached hydrogens (tertiary/aromatic N) is 4. The summed E-state index contributed by atoms with van der Waals surface area (Å²) >= 11 is 0.976. The molecule has 188 valence electrons. The van der Waals surface area contributed by atoms with E-state index in [9.17, 15) is 30.8 Å². The third kappa shape index (κ3) is 6.44. The molecular formula is C21H21F4N5O3S2. The number of piperazine rings is 1. The first-order chi connectivity index (χ1) is 16.4. The molecule has 1 aliphatic rings. The molecular weight excluding hydrogens is 510 g/mol. The number of aromatic nitrogens is 2. The predicted octanol–water partition coefficient (Wildman–Crippen LogP) is 2.62. The maximum atomic E-state index is 14.4. The molecule has 3 aromatic rings. The Bertz CT molecular complexity index is 1350. The van der Waals surface area contributed by atoms with E-state index < -0.39 is 34.2 Å². The highest BCUT2D eigenvalue weighted by Gasteiger charge is 2.30. The van der Waals surface area contributed by atoms with Crippen LogP contribution in [0.25, 0.3) is 10.2 Å². The van der Waals surface area contributed by atoms with E-state index in [0.717, 1.165) is 17.4 Å². The van der Waals surface area contributed by atoms with Crippen LogP contribution in [0.15, 0.2) is 30.6 Å². The normalized spacial score (nSPS) is 15.1. The second-order valence-electron chi connectivity index (χ2n) is 8.20. The lowest BCUT2D eigenvalue weighted by molar-refractivity contribution is -0.131. The molecule has 0 spiro atoms. The highest BCUT2D eigenvalue weighted by atomic mass is 32.2. The summed E-state index contributed by atoms with van der Waals surface area (Å²) in [5, 5.41) is 5.52. The van der Waals surface area contributed by atoms with Gasteiger partial charge in [-0.25, -0.2) is 27.9 Å². The molecule has 1 aliphatic heterocycles. The van der Waals surface area contributed by atoms with Crippen molar-refractivity contribution in [3.05, 3.63) is 52.4 Å². The van der Waals surface area contributed by atoms with Crippen LogP contribution in [-0.4, -0.2) is 61.5 Å². The fourth-order valence-electron chi connectivity index (χ4n) is 3.93. The van der Waals surface area contributed by atoms with Crippen molar-refractivity contribution in [2.45, 2.75) is 24.8 Å². The van der Waals surface area contributed by atoms with Gasteiger partial charge in [0.05, 0.1) is 24.0 Å². The van der Waals surface area contributed by atoms with Crippen molar-refractivity contribution in [1.29, 1.82) is 0 Å². The molecule has 14 heteroatoms. The molecule has 0 bridgehead atoms. The number of anilines is 1. The number of fused-ring (bicyclic) bond motifs is 1. The lowest BCUT2D eigenvalue weighted by Crippen LogP contribution is -2.49. The minimum absolute atomic E-state index is 0.142. The lowest BCUT2D eigenvalue weighted by atomic mass is 10.1. The van der Waals surface area contributed by atoms with Crippen molar-refractivity contribution in [3.8, 4) is 0 Å². The van der Waals surface area contributed by atoms with E-state index in [-0.39, 0.29) is 28.3 Å². The van der Waals surface area contributed by atoms with Crippen molar-refractivity contribution in [2.75, 3.05) is 31.1 Å². The second-order valence-corrected chi connectivity index (χ2v) is 10.9. The van der Waals surface area contributed by atoms with Crippen LogP contribution in [-0.2, 0) is 33.4 Å². The van der Waals surface area contributed by atoms with E-state index in [4.69, 9.17) is 5.14 Å². The Kier molecular flexibility index (Phi) is 6.97. The van der Waals surface area contributed by atoms with Gasteiger partial charge in [0.25, 0.3) is 0 Å². The zero-order chi connectivity index (χ0) is 25.4. The number of nitrogens with two attached hydrogens (primary N) is 1. The van der Waals surface area contributed by atoms with Crippen LogP contribution < -0.4 is 10.0 Å². The van der Waals surface area contributed by atoms with Gasteiger partial charge >= 0.3 is 6.18 Å². The molecule has 1 aromatic carbocycles. The van der Waals surface area contributed by atoms with Crippen LogP contribution in [0, 0.1) is 5.82 Å². The maximum absolute atomic E-state index is 14.4. The molecule has 1 saturated heterocycles. The van der Waals surface area contributed by atoms with Crippen molar-refractivity contribution in [2.24, 2.45) is 5.14 Å². The number of hydrogen-bond acceptors (Lipinski definition) is 7. The molecule has 2 N–H and O–H groups in total. The molecule has 2 aromatic heterocycles. The Morgan fingerprint density at radius 3 is 2.46 bits per heavy atom. The third-order valence-electron chi connectivity index (χ3n) is 5.49. The monoisotopic (exact) mass is 531 g/mol. The number of thiophene rings is 1. The van der Waals surface area contributed by atoms with Crippen LogP contribution >= 0.6 is 11.3 Å². The van der Waals surface area contributed by atoms with E-state index in [1.807, 2.05) is 4.90 Å². The average Bonchev–Trinajstić information content (AvgIpc) is 3.15. The number of sulfonamides is 1. The number of carbonyl (C=O) groups excluding carboxylic acids is 1. The summed E-state index contributed by atoms with van der Waals surface area (Å²) in [5.41, 5.74) is 0.335. The van der Waals surface area contributed by atoms with Gasteiger partial charge in [0.15, 0.2) is 0 Å². The van der Waals surface area contributed by atoms with Gasteiger partial charge < -0.3 is 9.80 Å². The summed E-state index contributed by atoms with van der Waals surface area (Å²) in [5.74, 6) is -0.964. The van der Waals surface area contributed by atoms with Crippen molar-refractivity contribution >= 4 is 43.3 Å². The topological polar surface area (TPSA) is 109 Å². The van der Waals surface area contributed by atoms with Gasteiger partial charge in [-0.3, -0.25) is 4.79 Å². The van der Waals surface area contributed by atoms with Gasteiger partial charge in [-0.2, -0.15) is 13.2 Å². The van der Waals surface area contributed by atoms with Gasteiger partial charge in [-0.05, 0) is 23.3 Å². The van der Waals surface area contributed by atoms with E-state index in [0.29, 0.717) is 42.2 Å². The molecule has 1 amide bonds.